The van der Waals surface area contributed by atoms with Gasteiger partial charge in [-0.1, -0.05) is 44.5 Å². The molecule has 1 aromatic rings. The van der Waals surface area contributed by atoms with Crippen LogP contribution in [0.25, 0.3) is 0 Å². The summed E-state index contributed by atoms with van der Waals surface area (Å²) in [7, 11) is 0. The predicted octanol–water partition coefficient (Wildman–Crippen LogP) is 3.99. The van der Waals surface area contributed by atoms with E-state index in [9.17, 15) is 0 Å². The summed E-state index contributed by atoms with van der Waals surface area (Å²) in [5.41, 5.74) is 4.59. The summed E-state index contributed by atoms with van der Waals surface area (Å²) in [4.78, 5) is 0. The monoisotopic (exact) mass is 176 g/mol. The second kappa shape index (κ2) is 3.53. The first-order chi connectivity index (χ1) is 5.97. The zero-order chi connectivity index (χ0) is 10.1. The van der Waals surface area contributed by atoms with Gasteiger partial charge in [0, 0.05) is 0 Å². The maximum absolute atomic E-state index is 2.32. The highest BCUT2D eigenvalue weighted by molar-refractivity contribution is 5.35. The standard InChI is InChI=1S/C13H20/c1-6-13(4,5)12-9-10(2)7-8-11(12)3/h7-9H,6H2,1-5H3. The van der Waals surface area contributed by atoms with E-state index in [0.717, 1.165) is 0 Å². The zero-order valence-corrected chi connectivity index (χ0v) is 9.44. The lowest BCUT2D eigenvalue weighted by molar-refractivity contribution is 0.503. The van der Waals surface area contributed by atoms with Crippen LogP contribution in [-0.2, 0) is 5.41 Å². The molecule has 0 heterocycles. The van der Waals surface area contributed by atoms with Gasteiger partial charge in [0.15, 0.2) is 0 Å². The second-order valence-corrected chi connectivity index (χ2v) is 4.56. The van der Waals surface area contributed by atoms with Gasteiger partial charge in [0.25, 0.3) is 0 Å². The molecule has 0 aliphatic rings. The van der Waals surface area contributed by atoms with Crippen LogP contribution in [0.4, 0.5) is 0 Å². The number of hydrogen-bond acceptors (Lipinski definition) is 0. The van der Waals surface area contributed by atoms with Gasteiger partial charge in [-0.05, 0) is 36.8 Å². The van der Waals surface area contributed by atoms with Crippen LogP contribution >= 0.6 is 0 Å². The number of rotatable bonds is 2. The fourth-order valence-electron chi connectivity index (χ4n) is 1.66. The summed E-state index contributed by atoms with van der Waals surface area (Å²) in [6.45, 7) is 11.2. The fraction of sp³-hybridized carbons (Fsp3) is 0.538. The summed E-state index contributed by atoms with van der Waals surface area (Å²) in [5.74, 6) is 0. The Morgan fingerprint density at radius 2 is 1.77 bits per heavy atom. The molecule has 0 saturated heterocycles. The van der Waals surface area contributed by atoms with E-state index in [1.165, 1.54) is 23.1 Å². The maximum Gasteiger partial charge on any atom is -0.0103 e. The Hall–Kier alpha value is -0.780. The molecule has 72 valence electrons. The molecule has 0 heteroatoms. The van der Waals surface area contributed by atoms with E-state index in [-0.39, 0.29) is 0 Å². The Balaban J connectivity index is 3.20. The highest BCUT2D eigenvalue weighted by atomic mass is 14.2. The Morgan fingerprint density at radius 3 is 2.31 bits per heavy atom. The van der Waals surface area contributed by atoms with E-state index < -0.39 is 0 Å². The minimum Gasteiger partial charge on any atom is -0.0646 e. The molecule has 0 nitrogen and oxygen atoms in total. The summed E-state index contributed by atoms with van der Waals surface area (Å²) in [6.07, 6.45) is 1.19. The Kier molecular flexibility index (Phi) is 2.80. The quantitative estimate of drug-likeness (QED) is 0.639. The van der Waals surface area contributed by atoms with Crippen LogP contribution in [0.5, 0.6) is 0 Å². The largest absolute Gasteiger partial charge is 0.0646 e. The Bertz CT molecular complexity index is 295. The lowest BCUT2D eigenvalue weighted by Gasteiger charge is -2.25. The van der Waals surface area contributed by atoms with Gasteiger partial charge in [0.05, 0.1) is 0 Å². The Labute approximate surface area is 82.0 Å². The zero-order valence-electron chi connectivity index (χ0n) is 9.44. The van der Waals surface area contributed by atoms with Crippen LogP contribution in [0.1, 0.15) is 43.9 Å². The van der Waals surface area contributed by atoms with Gasteiger partial charge in [-0.2, -0.15) is 0 Å². The number of hydrogen-bond donors (Lipinski definition) is 0. The smallest absolute Gasteiger partial charge is 0.0103 e. The molecule has 0 aromatic heterocycles. The molecule has 0 N–H and O–H groups in total. The first-order valence-electron chi connectivity index (χ1n) is 5.05. The highest BCUT2D eigenvalue weighted by Crippen LogP contribution is 2.29. The molecule has 0 atom stereocenters. The molecule has 0 saturated carbocycles. The van der Waals surface area contributed by atoms with Crippen LogP contribution in [0.2, 0.25) is 0 Å². The fourth-order valence-corrected chi connectivity index (χ4v) is 1.66. The van der Waals surface area contributed by atoms with Gasteiger partial charge in [-0.15, -0.1) is 0 Å². The topological polar surface area (TPSA) is 0 Å². The average Bonchev–Trinajstić information content (AvgIpc) is 2.09. The van der Waals surface area contributed by atoms with Crippen LogP contribution in [-0.4, -0.2) is 0 Å². The molecule has 13 heavy (non-hydrogen) atoms. The molecule has 1 rings (SSSR count). The van der Waals surface area contributed by atoms with Gasteiger partial charge >= 0.3 is 0 Å². The van der Waals surface area contributed by atoms with Crippen molar-refractivity contribution < 1.29 is 0 Å². The normalized spacial score (nSPS) is 11.8. The molecular formula is C13H20. The molecule has 0 unspecified atom stereocenters. The molecule has 0 radical (unpaired) electrons. The molecule has 0 spiro atoms. The first kappa shape index (κ1) is 10.3. The van der Waals surface area contributed by atoms with E-state index in [1.807, 2.05) is 0 Å². The molecular weight excluding hydrogens is 156 g/mol. The van der Waals surface area contributed by atoms with E-state index >= 15 is 0 Å². The first-order valence-corrected chi connectivity index (χ1v) is 5.05. The summed E-state index contributed by atoms with van der Waals surface area (Å²) in [5, 5.41) is 0. The van der Waals surface area contributed by atoms with E-state index in [2.05, 4.69) is 52.8 Å². The minimum atomic E-state index is 0.316. The van der Waals surface area contributed by atoms with Crippen molar-refractivity contribution in [1.82, 2.24) is 0 Å². The van der Waals surface area contributed by atoms with Crippen molar-refractivity contribution in [1.29, 1.82) is 0 Å². The van der Waals surface area contributed by atoms with Gasteiger partial charge in [0.1, 0.15) is 0 Å². The lowest BCUT2D eigenvalue weighted by Crippen LogP contribution is -2.17. The van der Waals surface area contributed by atoms with Gasteiger partial charge in [0.2, 0.25) is 0 Å². The van der Waals surface area contributed by atoms with E-state index in [4.69, 9.17) is 0 Å². The van der Waals surface area contributed by atoms with Crippen molar-refractivity contribution in [3.63, 3.8) is 0 Å². The lowest BCUT2D eigenvalue weighted by atomic mass is 9.79. The average molecular weight is 176 g/mol. The molecule has 0 amide bonds. The van der Waals surface area contributed by atoms with Crippen molar-refractivity contribution >= 4 is 0 Å². The third-order valence-electron chi connectivity index (χ3n) is 3.01. The third kappa shape index (κ3) is 2.12. The highest BCUT2D eigenvalue weighted by Gasteiger charge is 2.19. The van der Waals surface area contributed by atoms with Crippen molar-refractivity contribution in [2.24, 2.45) is 0 Å². The summed E-state index contributed by atoms with van der Waals surface area (Å²) < 4.78 is 0. The molecule has 0 fully saturated rings. The SMILES string of the molecule is CCC(C)(C)c1cc(C)ccc1C. The third-order valence-corrected chi connectivity index (χ3v) is 3.01. The minimum absolute atomic E-state index is 0.316. The second-order valence-electron chi connectivity index (χ2n) is 4.56. The van der Waals surface area contributed by atoms with Gasteiger partial charge in [-0.25, -0.2) is 0 Å². The summed E-state index contributed by atoms with van der Waals surface area (Å²) >= 11 is 0. The van der Waals surface area contributed by atoms with Crippen molar-refractivity contribution in [3.8, 4) is 0 Å². The molecule has 0 bridgehead atoms. The molecule has 1 aromatic carbocycles. The number of benzene rings is 1. The van der Waals surface area contributed by atoms with Gasteiger partial charge < -0.3 is 0 Å². The van der Waals surface area contributed by atoms with E-state index in [0.29, 0.717) is 5.41 Å². The Morgan fingerprint density at radius 1 is 1.15 bits per heavy atom. The van der Waals surface area contributed by atoms with Gasteiger partial charge in [-0.3, -0.25) is 0 Å². The van der Waals surface area contributed by atoms with Crippen molar-refractivity contribution in [2.45, 2.75) is 46.5 Å². The van der Waals surface area contributed by atoms with Crippen LogP contribution in [0.3, 0.4) is 0 Å². The van der Waals surface area contributed by atoms with Crippen LogP contribution in [0, 0.1) is 13.8 Å². The van der Waals surface area contributed by atoms with E-state index in [1.54, 1.807) is 0 Å². The molecule has 0 aliphatic carbocycles. The van der Waals surface area contributed by atoms with Crippen molar-refractivity contribution in [2.75, 3.05) is 0 Å². The molecule has 0 aliphatic heterocycles. The van der Waals surface area contributed by atoms with Crippen LogP contribution < -0.4 is 0 Å². The van der Waals surface area contributed by atoms with Crippen LogP contribution in [0.15, 0.2) is 18.2 Å². The van der Waals surface area contributed by atoms with Crippen molar-refractivity contribution in [3.05, 3.63) is 34.9 Å². The number of aryl methyl sites for hydroxylation is 2. The summed E-state index contributed by atoms with van der Waals surface area (Å²) in [6, 6.07) is 6.73. The maximum atomic E-state index is 2.32. The predicted molar refractivity (Wildman–Crippen MR) is 59.2 cm³/mol.